The van der Waals surface area contributed by atoms with Gasteiger partial charge in [-0.25, -0.2) is 0 Å². The second-order valence-electron chi connectivity index (χ2n) is 5.67. The Morgan fingerprint density at radius 3 is 1.96 bits per heavy atom. The predicted molar refractivity (Wildman–Crippen MR) is 93.5 cm³/mol. The Morgan fingerprint density at radius 2 is 1.43 bits per heavy atom. The molecule has 1 aliphatic rings. The Hall–Kier alpha value is -1.85. The highest BCUT2D eigenvalue weighted by atomic mass is 32.2. The predicted octanol–water partition coefficient (Wildman–Crippen LogP) is 3.92. The van der Waals surface area contributed by atoms with Crippen LogP contribution < -0.4 is 4.90 Å². The van der Waals surface area contributed by atoms with Crippen molar-refractivity contribution in [3.63, 3.8) is 0 Å². The first-order valence-electron chi connectivity index (χ1n) is 7.81. The van der Waals surface area contributed by atoms with Gasteiger partial charge in [0.15, 0.2) is 0 Å². The average molecular weight is 333 g/mol. The Balaban J connectivity index is 0.000000168. The molecule has 0 aliphatic carbocycles. The van der Waals surface area contributed by atoms with Crippen LogP contribution in [0.15, 0.2) is 59.5 Å². The van der Waals surface area contributed by atoms with Gasteiger partial charge in [-0.15, -0.1) is 0 Å². The highest BCUT2D eigenvalue weighted by molar-refractivity contribution is 7.85. The van der Waals surface area contributed by atoms with Crippen LogP contribution in [0.2, 0.25) is 0 Å². The molecule has 2 aromatic carbocycles. The summed E-state index contributed by atoms with van der Waals surface area (Å²) in [7, 11) is -4.02. The monoisotopic (exact) mass is 333 g/mol. The van der Waals surface area contributed by atoms with Gasteiger partial charge in [0.2, 0.25) is 0 Å². The minimum Gasteiger partial charge on any atom is -0.372 e. The third-order valence-corrected chi connectivity index (χ3v) is 4.66. The third-order valence-electron chi connectivity index (χ3n) is 3.80. The van der Waals surface area contributed by atoms with Gasteiger partial charge in [0.1, 0.15) is 0 Å². The van der Waals surface area contributed by atoms with Crippen molar-refractivity contribution >= 4 is 15.8 Å². The summed E-state index contributed by atoms with van der Waals surface area (Å²) in [6, 6.07) is 16.7. The number of hydrogen-bond donors (Lipinski definition) is 1. The van der Waals surface area contributed by atoms with Gasteiger partial charge in [-0.05, 0) is 50.5 Å². The molecule has 124 valence electrons. The molecule has 0 unspecified atom stereocenters. The highest BCUT2D eigenvalue weighted by Crippen LogP contribution is 2.18. The van der Waals surface area contributed by atoms with Gasteiger partial charge in [-0.3, -0.25) is 4.55 Å². The molecule has 1 N–H and O–H groups in total. The molecule has 0 saturated carbocycles. The van der Waals surface area contributed by atoms with E-state index in [2.05, 4.69) is 35.2 Å². The van der Waals surface area contributed by atoms with Crippen molar-refractivity contribution in [2.45, 2.75) is 31.1 Å². The molecule has 0 aromatic heterocycles. The molecule has 3 rings (SSSR count). The van der Waals surface area contributed by atoms with E-state index in [0.717, 1.165) is 5.56 Å². The van der Waals surface area contributed by atoms with Gasteiger partial charge in [-0.2, -0.15) is 8.42 Å². The molecule has 23 heavy (non-hydrogen) atoms. The van der Waals surface area contributed by atoms with Crippen molar-refractivity contribution in [3.05, 3.63) is 60.2 Å². The van der Waals surface area contributed by atoms with Gasteiger partial charge in [0.05, 0.1) is 4.90 Å². The summed E-state index contributed by atoms with van der Waals surface area (Å²) >= 11 is 0. The van der Waals surface area contributed by atoms with Crippen molar-refractivity contribution in [2.75, 3.05) is 18.0 Å². The number of nitrogens with zero attached hydrogens (tertiary/aromatic N) is 1. The van der Waals surface area contributed by atoms with Gasteiger partial charge in [-0.1, -0.05) is 35.9 Å². The SMILES string of the molecule is Cc1ccc(S(=O)(=O)O)cc1.c1ccc(N2CCCCC2)cc1. The molecular formula is C18H23NO3S. The molecule has 0 bridgehead atoms. The molecule has 1 saturated heterocycles. The first-order valence-corrected chi connectivity index (χ1v) is 9.25. The van der Waals surface area contributed by atoms with Gasteiger partial charge >= 0.3 is 0 Å². The van der Waals surface area contributed by atoms with E-state index >= 15 is 0 Å². The molecule has 0 atom stereocenters. The molecular weight excluding hydrogens is 310 g/mol. The number of piperidine rings is 1. The summed E-state index contributed by atoms with van der Waals surface area (Å²) in [5.74, 6) is 0. The minimum atomic E-state index is -4.02. The van der Waals surface area contributed by atoms with E-state index in [-0.39, 0.29) is 4.90 Å². The number of anilines is 1. The highest BCUT2D eigenvalue weighted by Gasteiger charge is 2.09. The lowest BCUT2D eigenvalue weighted by atomic mass is 10.1. The van der Waals surface area contributed by atoms with Crippen LogP contribution in [0.5, 0.6) is 0 Å². The first-order chi connectivity index (χ1) is 11.0. The fourth-order valence-corrected chi connectivity index (χ4v) is 2.98. The molecule has 2 aromatic rings. The van der Waals surface area contributed by atoms with Crippen molar-refractivity contribution in [1.82, 2.24) is 0 Å². The lowest BCUT2D eigenvalue weighted by Crippen LogP contribution is -2.29. The lowest BCUT2D eigenvalue weighted by Gasteiger charge is -2.28. The van der Waals surface area contributed by atoms with Crippen LogP contribution in [-0.4, -0.2) is 26.1 Å². The van der Waals surface area contributed by atoms with Gasteiger partial charge in [0, 0.05) is 18.8 Å². The Labute approximate surface area is 138 Å². The van der Waals surface area contributed by atoms with Crippen molar-refractivity contribution < 1.29 is 13.0 Å². The molecule has 1 fully saturated rings. The zero-order chi connectivity index (χ0) is 16.7. The van der Waals surface area contributed by atoms with Gasteiger partial charge < -0.3 is 4.90 Å². The van der Waals surface area contributed by atoms with Crippen molar-refractivity contribution in [1.29, 1.82) is 0 Å². The Kier molecular flexibility index (Phi) is 6.19. The number of benzene rings is 2. The lowest BCUT2D eigenvalue weighted by molar-refractivity contribution is 0.483. The Morgan fingerprint density at radius 1 is 0.870 bits per heavy atom. The summed E-state index contributed by atoms with van der Waals surface area (Å²) in [5, 5.41) is 0. The maximum Gasteiger partial charge on any atom is 0.294 e. The van der Waals surface area contributed by atoms with Crippen LogP contribution in [0.3, 0.4) is 0 Å². The zero-order valence-electron chi connectivity index (χ0n) is 13.4. The van der Waals surface area contributed by atoms with E-state index in [1.165, 1.54) is 50.2 Å². The minimum absolute atomic E-state index is 0.0666. The van der Waals surface area contributed by atoms with E-state index in [0.29, 0.717) is 0 Å². The van der Waals surface area contributed by atoms with Crippen LogP contribution in [0.1, 0.15) is 24.8 Å². The Bertz CT molecular complexity index is 691. The molecule has 1 heterocycles. The van der Waals surface area contributed by atoms with Crippen molar-refractivity contribution in [3.8, 4) is 0 Å². The zero-order valence-corrected chi connectivity index (χ0v) is 14.2. The fraction of sp³-hybridized carbons (Fsp3) is 0.333. The molecule has 5 heteroatoms. The summed E-state index contributed by atoms with van der Waals surface area (Å²) in [5.41, 5.74) is 2.34. The van der Waals surface area contributed by atoms with E-state index in [4.69, 9.17) is 4.55 Å². The average Bonchev–Trinajstić information content (AvgIpc) is 2.57. The number of hydrogen-bond acceptors (Lipinski definition) is 3. The van der Waals surface area contributed by atoms with Crippen molar-refractivity contribution in [2.24, 2.45) is 0 Å². The number of aryl methyl sites for hydroxylation is 1. The number of rotatable bonds is 2. The van der Waals surface area contributed by atoms with E-state index in [1.54, 1.807) is 12.1 Å². The first kappa shape index (κ1) is 17.5. The van der Waals surface area contributed by atoms with Crippen LogP contribution in [0.4, 0.5) is 5.69 Å². The summed E-state index contributed by atoms with van der Waals surface area (Å²) in [6.07, 6.45) is 4.12. The maximum absolute atomic E-state index is 10.5. The smallest absolute Gasteiger partial charge is 0.294 e. The number of para-hydroxylation sites is 1. The summed E-state index contributed by atoms with van der Waals surface area (Å²) in [6.45, 7) is 4.32. The van der Waals surface area contributed by atoms with E-state index in [1.807, 2.05) is 6.92 Å². The third kappa shape index (κ3) is 5.69. The molecule has 4 nitrogen and oxygen atoms in total. The van der Waals surface area contributed by atoms with Gasteiger partial charge in [0.25, 0.3) is 10.1 Å². The second-order valence-corrected chi connectivity index (χ2v) is 7.09. The summed E-state index contributed by atoms with van der Waals surface area (Å²) in [4.78, 5) is 2.41. The van der Waals surface area contributed by atoms with Crippen LogP contribution >= 0.6 is 0 Å². The maximum atomic E-state index is 10.5. The van der Waals surface area contributed by atoms with Crippen LogP contribution in [-0.2, 0) is 10.1 Å². The van der Waals surface area contributed by atoms with Crippen LogP contribution in [0.25, 0.3) is 0 Å². The quantitative estimate of drug-likeness (QED) is 0.846. The molecule has 1 aliphatic heterocycles. The fourth-order valence-electron chi connectivity index (χ4n) is 2.50. The van der Waals surface area contributed by atoms with Crippen LogP contribution in [0, 0.1) is 6.92 Å². The normalized spacial score (nSPS) is 14.8. The molecule has 0 amide bonds. The standard InChI is InChI=1S/C11H15N.C7H8O3S/c1-3-7-11(8-4-1)12-9-5-2-6-10-12;1-6-2-4-7(5-3-6)11(8,9)10/h1,3-4,7-8H,2,5-6,9-10H2;2-5H,1H3,(H,8,9,10). The summed E-state index contributed by atoms with van der Waals surface area (Å²) < 4.78 is 29.6. The second kappa shape index (κ2) is 8.13. The van der Waals surface area contributed by atoms with E-state index < -0.39 is 10.1 Å². The topological polar surface area (TPSA) is 57.6 Å². The molecule has 0 radical (unpaired) electrons. The molecule has 0 spiro atoms. The van der Waals surface area contributed by atoms with E-state index in [9.17, 15) is 8.42 Å². The largest absolute Gasteiger partial charge is 0.372 e.